The van der Waals surface area contributed by atoms with E-state index in [1.165, 1.54) is 0 Å². The van der Waals surface area contributed by atoms with Crippen LogP contribution in [0.15, 0.2) is 30.6 Å². The summed E-state index contributed by atoms with van der Waals surface area (Å²) >= 11 is 0. The highest BCUT2D eigenvalue weighted by atomic mass is 19.1. The summed E-state index contributed by atoms with van der Waals surface area (Å²) in [6.45, 7) is 3.51. The van der Waals surface area contributed by atoms with Gasteiger partial charge in [0.1, 0.15) is 5.82 Å². The van der Waals surface area contributed by atoms with E-state index in [0.29, 0.717) is 5.69 Å². The molecule has 0 spiro atoms. The first-order valence-electron chi connectivity index (χ1n) is 6.09. The van der Waals surface area contributed by atoms with Crippen LogP contribution < -0.4 is 10.2 Å². The molecule has 2 N–H and O–H groups in total. The van der Waals surface area contributed by atoms with Crippen molar-refractivity contribution >= 4 is 5.69 Å². The number of piperazine rings is 1. The van der Waals surface area contributed by atoms with Crippen molar-refractivity contribution in [2.45, 2.75) is 0 Å². The normalized spacial score (nSPS) is 15.9. The minimum atomic E-state index is -0.171. The number of anilines is 1. The van der Waals surface area contributed by atoms with E-state index < -0.39 is 0 Å². The molecule has 0 saturated carbocycles. The van der Waals surface area contributed by atoms with Crippen LogP contribution >= 0.6 is 0 Å². The highest BCUT2D eigenvalue weighted by Crippen LogP contribution is 2.26. The number of nitrogens with one attached hydrogen (secondary N) is 2. The van der Waals surface area contributed by atoms with Gasteiger partial charge in [-0.1, -0.05) is 6.07 Å². The summed E-state index contributed by atoms with van der Waals surface area (Å²) in [6, 6.07) is 5.36. The van der Waals surface area contributed by atoms with E-state index in [4.69, 9.17) is 0 Å². The molecule has 0 unspecified atom stereocenters. The van der Waals surface area contributed by atoms with Crippen molar-refractivity contribution < 1.29 is 4.39 Å². The third-order valence-electron chi connectivity index (χ3n) is 3.24. The molecule has 1 aliphatic rings. The van der Waals surface area contributed by atoms with Gasteiger partial charge >= 0.3 is 0 Å². The lowest BCUT2D eigenvalue weighted by molar-refractivity contribution is 0.566. The fraction of sp³-hybridized carbons (Fsp3) is 0.308. The van der Waals surface area contributed by atoms with Crippen molar-refractivity contribution in [1.82, 2.24) is 15.5 Å². The Morgan fingerprint density at radius 1 is 1.17 bits per heavy atom. The average molecular weight is 246 g/mol. The SMILES string of the molecule is Fc1cc(-c2cn[nH]c2)ccc1N1CCNCC1. The van der Waals surface area contributed by atoms with Crippen LogP contribution in [0.3, 0.4) is 0 Å². The zero-order valence-electron chi connectivity index (χ0n) is 9.99. The lowest BCUT2D eigenvalue weighted by Gasteiger charge is -2.29. The molecule has 2 heterocycles. The standard InChI is InChI=1S/C13H15FN4/c14-12-7-10(11-8-16-17-9-11)1-2-13(12)18-5-3-15-4-6-18/h1-2,7-9,15H,3-6H2,(H,16,17). The number of benzene rings is 1. The van der Waals surface area contributed by atoms with Crippen molar-refractivity contribution in [3.05, 3.63) is 36.4 Å². The van der Waals surface area contributed by atoms with Crippen LogP contribution in [0.5, 0.6) is 0 Å². The first-order chi connectivity index (χ1) is 8.84. The molecule has 1 saturated heterocycles. The smallest absolute Gasteiger partial charge is 0.147 e. The van der Waals surface area contributed by atoms with Crippen LogP contribution in [0.2, 0.25) is 0 Å². The summed E-state index contributed by atoms with van der Waals surface area (Å²) in [5.41, 5.74) is 2.43. The van der Waals surface area contributed by atoms with Crippen LogP contribution in [0, 0.1) is 5.82 Å². The summed E-state index contributed by atoms with van der Waals surface area (Å²) in [6.07, 6.45) is 3.46. The molecule has 0 aliphatic carbocycles. The van der Waals surface area contributed by atoms with E-state index in [1.807, 2.05) is 12.1 Å². The van der Waals surface area contributed by atoms with E-state index >= 15 is 0 Å². The minimum absolute atomic E-state index is 0.171. The summed E-state index contributed by atoms with van der Waals surface area (Å²) in [7, 11) is 0. The minimum Gasteiger partial charge on any atom is -0.367 e. The molecular formula is C13H15FN4. The maximum absolute atomic E-state index is 14.1. The first kappa shape index (κ1) is 11.2. The lowest BCUT2D eigenvalue weighted by Crippen LogP contribution is -2.43. The van der Waals surface area contributed by atoms with E-state index in [1.54, 1.807) is 18.5 Å². The van der Waals surface area contributed by atoms with Gasteiger partial charge < -0.3 is 10.2 Å². The average Bonchev–Trinajstić information content (AvgIpc) is 2.93. The third kappa shape index (κ3) is 2.09. The number of halogens is 1. The van der Waals surface area contributed by atoms with Crippen LogP contribution in [-0.2, 0) is 0 Å². The van der Waals surface area contributed by atoms with Crippen LogP contribution in [-0.4, -0.2) is 36.4 Å². The molecule has 0 amide bonds. The highest BCUT2D eigenvalue weighted by molar-refractivity contribution is 5.65. The molecule has 94 valence electrons. The number of hydrogen-bond donors (Lipinski definition) is 2. The molecule has 2 aromatic rings. The van der Waals surface area contributed by atoms with Gasteiger partial charge in [0, 0.05) is 37.9 Å². The molecule has 3 rings (SSSR count). The van der Waals surface area contributed by atoms with Crippen LogP contribution in [0.4, 0.5) is 10.1 Å². The number of hydrogen-bond acceptors (Lipinski definition) is 3. The Kier molecular flexibility index (Phi) is 2.98. The Bertz CT molecular complexity index is 518. The monoisotopic (exact) mass is 246 g/mol. The molecule has 5 heteroatoms. The highest BCUT2D eigenvalue weighted by Gasteiger charge is 2.15. The zero-order chi connectivity index (χ0) is 12.4. The van der Waals surface area contributed by atoms with Crippen LogP contribution in [0.1, 0.15) is 0 Å². The summed E-state index contributed by atoms with van der Waals surface area (Å²) in [4.78, 5) is 2.07. The number of aromatic nitrogens is 2. The summed E-state index contributed by atoms with van der Waals surface area (Å²) < 4.78 is 14.1. The molecule has 1 aromatic heterocycles. The Morgan fingerprint density at radius 3 is 2.67 bits per heavy atom. The van der Waals surface area contributed by atoms with Crippen molar-refractivity contribution in [3.8, 4) is 11.1 Å². The molecule has 0 bridgehead atoms. The number of nitrogens with zero attached hydrogens (tertiary/aromatic N) is 2. The topological polar surface area (TPSA) is 44.0 Å². The Morgan fingerprint density at radius 2 is 2.00 bits per heavy atom. The van der Waals surface area contributed by atoms with E-state index in [-0.39, 0.29) is 5.82 Å². The molecule has 1 fully saturated rings. The van der Waals surface area contributed by atoms with Gasteiger partial charge in [0.2, 0.25) is 0 Å². The fourth-order valence-corrected chi connectivity index (χ4v) is 2.26. The van der Waals surface area contributed by atoms with Crippen molar-refractivity contribution in [2.24, 2.45) is 0 Å². The predicted octanol–water partition coefficient (Wildman–Crippen LogP) is 1.63. The summed E-state index contributed by atoms with van der Waals surface area (Å²) in [5.74, 6) is -0.171. The Labute approximate surface area is 105 Å². The number of H-pyrrole nitrogens is 1. The third-order valence-corrected chi connectivity index (χ3v) is 3.24. The molecule has 1 aliphatic heterocycles. The van der Waals surface area contributed by atoms with Gasteiger partial charge in [0.05, 0.1) is 11.9 Å². The second-order valence-electron chi connectivity index (χ2n) is 4.39. The molecule has 18 heavy (non-hydrogen) atoms. The molecule has 0 radical (unpaired) electrons. The Hall–Kier alpha value is -1.88. The number of aromatic amines is 1. The van der Waals surface area contributed by atoms with Crippen molar-refractivity contribution in [1.29, 1.82) is 0 Å². The zero-order valence-corrected chi connectivity index (χ0v) is 9.99. The fourth-order valence-electron chi connectivity index (χ4n) is 2.26. The van der Waals surface area contributed by atoms with Gasteiger partial charge in [-0.15, -0.1) is 0 Å². The first-order valence-corrected chi connectivity index (χ1v) is 6.09. The largest absolute Gasteiger partial charge is 0.367 e. The Balaban J connectivity index is 1.89. The molecular weight excluding hydrogens is 231 g/mol. The maximum atomic E-state index is 14.1. The quantitative estimate of drug-likeness (QED) is 0.846. The van der Waals surface area contributed by atoms with E-state index in [2.05, 4.69) is 20.4 Å². The van der Waals surface area contributed by atoms with Gasteiger partial charge in [-0.2, -0.15) is 5.10 Å². The second kappa shape index (κ2) is 4.78. The lowest BCUT2D eigenvalue weighted by atomic mass is 10.1. The van der Waals surface area contributed by atoms with Crippen molar-refractivity contribution in [3.63, 3.8) is 0 Å². The van der Waals surface area contributed by atoms with Gasteiger partial charge in [-0.25, -0.2) is 4.39 Å². The van der Waals surface area contributed by atoms with Crippen molar-refractivity contribution in [2.75, 3.05) is 31.1 Å². The number of rotatable bonds is 2. The molecule has 1 aromatic carbocycles. The maximum Gasteiger partial charge on any atom is 0.147 e. The molecule has 4 nitrogen and oxygen atoms in total. The van der Waals surface area contributed by atoms with Gasteiger partial charge in [0.15, 0.2) is 0 Å². The van der Waals surface area contributed by atoms with E-state index in [0.717, 1.165) is 37.3 Å². The summed E-state index contributed by atoms with van der Waals surface area (Å²) in [5, 5.41) is 9.87. The van der Waals surface area contributed by atoms with E-state index in [9.17, 15) is 4.39 Å². The van der Waals surface area contributed by atoms with Crippen LogP contribution in [0.25, 0.3) is 11.1 Å². The van der Waals surface area contributed by atoms with Gasteiger partial charge in [0.25, 0.3) is 0 Å². The predicted molar refractivity (Wildman–Crippen MR) is 69.1 cm³/mol. The van der Waals surface area contributed by atoms with Gasteiger partial charge in [-0.05, 0) is 17.7 Å². The van der Waals surface area contributed by atoms with Gasteiger partial charge in [-0.3, -0.25) is 5.10 Å². The second-order valence-corrected chi connectivity index (χ2v) is 4.39. The molecule has 0 atom stereocenters.